The predicted molar refractivity (Wildman–Crippen MR) is 45.1 cm³/mol. The zero-order valence-electron chi connectivity index (χ0n) is 6.92. The van der Waals surface area contributed by atoms with Gasteiger partial charge in [-0.15, -0.1) is 0 Å². The van der Waals surface area contributed by atoms with E-state index in [9.17, 15) is 4.79 Å². The molecule has 1 N–H and O–H groups in total. The lowest BCUT2D eigenvalue weighted by Crippen LogP contribution is -2.35. The molecule has 0 heterocycles. The standard InChI is InChI=1S/C9H12N2O/c1-2-9(12)11-8-5-3-4-7(8)6-10/h2,7-8H,1,3-5H2,(H,11,12). The second-order valence-corrected chi connectivity index (χ2v) is 2.99. The van der Waals surface area contributed by atoms with Crippen LogP contribution in [0.15, 0.2) is 12.7 Å². The summed E-state index contributed by atoms with van der Waals surface area (Å²) in [5, 5.41) is 11.4. The van der Waals surface area contributed by atoms with Crippen molar-refractivity contribution in [3.63, 3.8) is 0 Å². The van der Waals surface area contributed by atoms with E-state index in [1.807, 2.05) is 0 Å². The molecule has 0 spiro atoms. The molecule has 3 heteroatoms. The molecule has 3 nitrogen and oxygen atoms in total. The van der Waals surface area contributed by atoms with Crippen LogP contribution >= 0.6 is 0 Å². The summed E-state index contributed by atoms with van der Waals surface area (Å²) >= 11 is 0. The van der Waals surface area contributed by atoms with Crippen LogP contribution in [0.25, 0.3) is 0 Å². The number of nitrogens with one attached hydrogen (secondary N) is 1. The number of hydrogen-bond donors (Lipinski definition) is 1. The fourth-order valence-electron chi connectivity index (χ4n) is 1.53. The molecule has 0 aromatic rings. The second kappa shape index (κ2) is 3.91. The van der Waals surface area contributed by atoms with E-state index in [0.717, 1.165) is 19.3 Å². The van der Waals surface area contributed by atoms with Gasteiger partial charge in [0.05, 0.1) is 12.0 Å². The molecule has 1 saturated carbocycles. The Balaban J connectivity index is 2.47. The Morgan fingerprint density at radius 3 is 3.00 bits per heavy atom. The third-order valence-corrected chi connectivity index (χ3v) is 2.19. The predicted octanol–water partition coefficient (Wildman–Crippen LogP) is 0.981. The number of carbonyl (C=O) groups excluding carboxylic acids is 1. The van der Waals surface area contributed by atoms with Gasteiger partial charge < -0.3 is 5.32 Å². The van der Waals surface area contributed by atoms with Crippen molar-refractivity contribution in [1.82, 2.24) is 5.32 Å². The Bertz CT molecular complexity index is 229. The average Bonchev–Trinajstić information content (AvgIpc) is 2.51. The van der Waals surface area contributed by atoms with Crippen molar-refractivity contribution in [1.29, 1.82) is 5.26 Å². The topological polar surface area (TPSA) is 52.9 Å². The van der Waals surface area contributed by atoms with Gasteiger partial charge >= 0.3 is 0 Å². The molecular weight excluding hydrogens is 152 g/mol. The molecule has 0 radical (unpaired) electrons. The Morgan fingerprint density at radius 2 is 2.42 bits per heavy atom. The van der Waals surface area contributed by atoms with Crippen LogP contribution in [0.5, 0.6) is 0 Å². The van der Waals surface area contributed by atoms with E-state index in [4.69, 9.17) is 5.26 Å². The molecule has 1 aliphatic rings. The van der Waals surface area contributed by atoms with Gasteiger partial charge in [-0.2, -0.15) is 5.26 Å². The van der Waals surface area contributed by atoms with E-state index in [1.54, 1.807) is 0 Å². The lowest BCUT2D eigenvalue weighted by atomic mass is 10.1. The molecular formula is C9H12N2O. The minimum Gasteiger partial charge on any atom is -0.349 e. The van der Waals surface area contributed by atoms with Crippen molar-refractivity contribution in [3.05, 3.63) is 12.7 Å². The van der Waals surface area contributed by atoms with Gasteiger partial charge in [-0.25, -0.2) is 0 Å². The Hall–Kier alpha value is -1.30. The Kier molecular flexibility index (Phi) is 2.87. The average molecular weight is 164 g/mol. The maximum absolute atomic E-state index is 10.9. The fourth-order valence-corrected chi connectivity index (χ4v) is 1.53. The zero-order valence-corrected chi connectivity index (χ0v) is 6.92. The van der Waals surface area contributed by atoms with Crippen molar-refractivity contribution >= 4 is 5.91 Å². The van der Waals surface area contributed by atoms with Gasteiger partial charge in [0.25, 0.3) is 0 Å². The molecule has 1 aliphatic carbocycles. The molecule has 1 amide bonds. The Labute approximate surface area is 72.1 Å². The van der Waals surface area contributed by atoms with Crippen LogP contribution in [0.1, 0.15) is 19.3 Å². The summed E-state index contributed by atoms with van der Waals surface area (Å²) in [4.78, 5) is 10.9. The van der Waals surface area contributed by atoms with Crippen molar-refractivity contribution in [3.8, 4) is 6.07 Å². The van der Waals surface area contributed by atoms with E-state index in [-0.39, 0.29) is 17.9 Å². The maximum Gasteiger partial charge on any atom is 0.243 e. The number of rotatable bonds is 2. The highest BCUT2D eigenvalue weighted by Crippen LogP contribution is 2.24. The molecule has 0 aromatic heterocycles. The quantitative estimate of drug-likeness (QED) is 0.618. The van der Waals surface area contributed by atoms with Crippen LogP contribution < -0.4 is 5.32 Å². The lowest BCUT2D eigenvalue weighted by Gasteiger charge is -2.13. The number of nitrogens with zero attached hydrogens (tertiary/aromatic N) is 1. The molecule has 64 valence electrons. The number of carbonyl (C=O) groups is 1. The van der Waals surface area contributed by atoms with Crippen LogP contribution in [0.2, 0.25) is 0 Å². The maximum atomic E-state index is 10.9. The van der Waals surface area contributed by atoms with Gasteiger partial charge in [-0.05, 0) is 25.3 Å². The van der Waals surface area contributed by atoms with Crippen LogP contribution in [0.4, 0.5) is 0 Å². The highest BCUT2D eigenvalue weighted by Gasteiger charge is 2.27. The number of amides is 1. The third kappa shape index (κ3) is 1.85. The lowest BCUT2D eigenvalue weighted by molar-refractivity contribution is -0.117. The molecule has 0 bridgehead atoms. The smallest absolute Gasteiger partial charge is 0.243 e. The summed E-state index contributed by atoms with van der Waals surface area (Å²) in [5.41, 5.74) is 0. The van der Waals surface area contributed by atoms with Crippen molar-refractivity contribution < 1.29 is 4.79 Å². The Morgan fingerprint density at radius 1 is 1.67 bits per heavy atom. The third-order valence-electron chi connectivity index (χ3n) is 2.19. The molecule has 0 aromatic carbocycles. The first-order valence-corrected chi connectivity index (χ1v) is 4.10. The van der Waals surface area contributed by atoms with Crippen molar-refractivity contribution in [2.24, 2.45) is 5.92 Å². The molecule has 2 unspecified atom stereocenters. The molecule has 1 fully saturated rings. The summed E-state index contributed by atoms with van der Waals surface area (Å²) < 4.78 is 0. The van der Waals surface area contributed by atoms with Crippen LogP contribution in [-0.2, 0) is 4.79 Å². The zero-order chi connectivity index (χ0) is 8.97. The van der Waals surface area contributed by atoms with Crippen LogP contribution in [-0.4, -0.2) is 11.9 Å². The van der Waals surface area contributed by atoms with Gasteiger partial charge in [0.15, 0.2) is 0 Å². The SMILES string of the molecule is C=CC(=O)NC1CCCC1C#N. The normalized spacial score (nSPS) is 27.6. The molecule has 2 atom stereocenters. The molecule has 0 saturated heterocycles. The van der Waals surface area contributed by atoms with Crippen molar-refractivity contribution in [2.75, 3.05) is 0 Å². The minimum absolute atomic E-state index is 0.00565. The molecule has 12 heavy (non-hydrogen) atoms. The van der Waals surface area contributed by atoms with E-state index in [1.165, 1.54) is 6.08 Å². The summed E-state index contributed by atoms with van der Waals surface area (Å²) in [6.45, 7) is 3.36. The highest BCUT2D eigenvalue weighted by molar-refractivity contribution is 5.87. The van der Waals surface area contributed by atoms with Crippen LogP contribution in [0, 0.1) is 17.2 Å². The first kappa shape index (κ1) is 8.79. The summed E-state index contributed by atoms with van der Waals surface area (Å²) in [5.74, 6) is -0.184. The second-order valence-electron chi connectivity index (χ2n) is 2.99. The molecule has 0 aliphatic heterocycles. The van der Waals surface area contributed by atoms with Crippen LogP contribution in [0.3, 0.4) is 0 Å². The fraction of sp³-hybridized carbons (Fsp3) is 0.556. The number of nitriles is 1. The van der Waals surface area contributed by atoms with E-state index >= 15 is 0 Å². The van der Waals surface area contributed by atoms with Gasteiger partial charge in [-0.1, -0.05) is 6.58 Å². The minimum atomic E-state index is -0.179. The highest BCUT2D eigenvalue weighted by atomic mass is 16.1. The van der Waals surface area contributed by atoms with Gasteiger partial charge in [0, 0.05) is 6.04 Å². The number of hydrogen-bond acceptors (Lipinski definition) is 2. The van der Waals surface area contributed by atoms with Crippen molar-refractivity contribution in [2.45, 2.75) is 25.3 Å². The van der Waals surface area contributed by atoms with E-state index in [0.29, 0.717) is 0 Å². The van der Waals surface area contributed by atoms with Gasteiger partial charge in [0.2, 0.25) is 5.91 Å². The summed E-state index contributed by atoms with van der Waals surface area (Å²) in [6.07, 6.45) is 4.09. The van der Waals surface area contributed by atoms with Gasteiger partial charge in [0.1, 0.15) is 0 Å². The first-order valence-electron chi connectivity index (χ1n) is 4.10. The summed E-state index contributed by atoms with van der Waals surface area (Å²) in [6, 6.07) is 2.24. The van der Waals surface area contributed by atoms with E-state index in [2.05, 4.69) is 18.0 Å². The monoisotopic (exact) mass is 164 g/mol. The summed E-state index contributed by atoms with van der Waals surface area (Å²) in [7, 11) is 0. The largest absolute Gasteiger partial charge is 0.349 e. The van der Waals surface area contributed by atoms with E-state index < -0.39 is 0 Å². The first-order chi connectivity index (χ1) is 5.77. The molecule has 1 rings (SSSR count). The van der Waals surface area contributed by atoms with Gasteiger partial charge in [-0.3, -0.25) is 4.79 Å².